The van der Waals surface area contributed by atoms with E-state index in [4.69, 9.17) is 4.74 Å². The molecule has 1 aromatic carbocycles. The number of methoxy groups -OCH3 is 1. The van der Waals surface area contributed by atoms with Gasteiger partial charge in [0.1, 0.15) is 11.5 Å². The van der Waals surface area contributed by atoms with Crippen LogP contribution in [0, 0.1) is 12.8 Å². The molecule has 3 rings (SSSR count). The van der Waals surface area contributed by atoms with E-state index < -0.39 is 0 Å². The number of benzene rings is 1. The molecule has 2 heterocycles. The summed E-state index contributed by atoms with van der Waals surface area (Å²) in [6.07, 6.45) is 5.14. The Balaban J connectivity index is 1.30. The van der Waals surface area contributed by atoms with Crippen LogP contribution >= 0.6 is 11.3 Å². The number of aryl methyl sites for hydroxylation is 2. The Hall–Kier alpha value is -2.47. The highest BCUT2D eigenvalue weighted by Gasteiger charge is 2.23. The fourth-order valence-corrected chi connectivity index (χ4v) is 4.96. The van der Waals surface area contributed by atoms with Crippen LogP contribution in [0.4, 0.5) is 0 Å². The first-order valence-electron chi connectivity index (χ1n) is 11.5. The maximum absolute atomic E-state index is 12.5. The molecule has 172 valence electrons. The molecule has 0 radical (unpaired) electrons. The van der Waals surface area contributed by atoms with Gasteiger partial charge in [-0.1, -0.05) is 12.1 Å². The van der Waals surface area contributed by atoms with Crippen molar-refractivity contribution < 1.29 is 19.1 Å². The normalized spacial score (nSPS) is 14.4. The van der Waals surface area contributed by atoms with E-state index in [1.54, 1.807) is 7.11 Å². The van der Waals surface area contributed by atoms with Crippen molar-refractivity contribution in [2.24, 2.45) is 5.92 Å². The lowest BCUT2D eigenvalue weighted by atomic mass is 9.90. The Morgan fingerprint density at radius 2 is 1.66 bits per heavy atom. The molecule has 1 amide bonds. The average molecular weight is 456 g/mol. The van der Waals surface area contributed by atoms with E-state index in [1.807, 2.05) is 36.1 Å². The summed E-state index contributed by atoms with van der Waals surface area (Å²) in [5.41, 5.74) is 1.32. The van der Waals surface area contributed by atoms with Gasteiger partial charge < -0.3 is 9.64 Å². The van der Waals surface area contributed by atoms with Crippen LogP contribution in [-0.2, 0) is 16.0 Å². The molecule has 1 fully saturated rings. The Labute approximate surface area is 194 Å². The van der Waals surface area contributed by atoms with Crippen LogP contribution in [0.25, 0.3) is 0 Å². The predicted octanol–water partition coefficient (Wildman–Crippen LogP) is 5.25. The third-order valence-corrected chi connectivity index (χ3v) is 7.27. The molecule has 0 saturated carbocycles. The maximum Gasteiger partial charge on any atom is 0.223 e. The van der Waals surface area contributed by atoms with E-state index in [1.165, 1.54) is 16.9 Å². The van der Waals surface area contributed by atoms with E-state index >= 15 is 0 Å². The van der Waals surface area contributed by atoms with Gasteiger partial charge >= 0.3 is 0 Å². The monoisotopic (exact) mass is 455 g/mol. The van der Waals surface area contributed by atoms with Gasteiger partial charge in [0.25, 0.3) is 0 Å². The number of likely N-dealkylation sites (tertiary alicyclic amines) is 1. The van der Waals surface area contributed by atoms with Gasteiger partial charge in [-0.25, -0.2) is 0 Å². The molecule has 6 heteroatoms. The third kappa shape index (κ3) is 7.30. The Kier molecular flexibility index (Phi) is 9.03. The number of hydrogen-bond donors (Lipinski definition) is 0. The Bertz CT molecular complexity index is 910. The van der Waals surface area contributed by atoms with E-state index in [0.717, 1.165) is 49.4 Å². The number of rotatable bonds is 11. The molecular weight excluding hydrogens is 422 g/mol. The van der Waals surface area contributed by atoms with Gasteiger partial charge in [-0.05, 0) is 68.4 Å². The average Bonchev–Trinajstić information content (AvgIpc) is 3.26. The van der Waals surface area contributed by atoms with Gasteiger partial charge in [-0.2, -0.15) is 0 Å². The van der Waals surface area contributed by atoms with Gasteiger partial charge in [-0.15, -0.1) is 11.3 Å². The van der Waals surface area contributed by atoms with Crippen LogP contribution < -0.4 is 4.74 Å². The lowest BCUT2D eigenvalue weighted by Gasteiger charge is -2.32. The number of piperidine rings is 1. The first kappa shape index (κ1) is 24.2. The second-order valence-corrected chi connectivity index (χ2v) is 9.87. The number of thiophene rings is 1. The smallest absolute Gasteiger partial charge is 0.223 e. The molecule has 0 spiro atoms. The molecule has 1 aliphatic rings. The number of ether oxygens (including phenoxy) is 1. The molecule has 0 aliphatic carbocycles. The van der Waals surface area contributed by atoms with Gasteiger partial charge in [0.2, 0.25) is 5.91 Å². The standard InChI is InChI=1S/C26H33NO4S/c1-19-3-13-25(32-19)24(29)12-8-22(28)9-14-26(30)27-17-15-21(16-18-27)5-4-20-6-10-23(31-2)11-7-20/h3,6-7,10-11,13,21H,4-5,8-9,12,14-18H2,1-2H3. The van der Waals surface area contributed by atoms with Crippen LogP contribution in [0.3, 0.4) is 0 Å². The third-order valence-electron chi connectivity index (χ3n) is 6.23. The number of nitrogens with zero attached hydrogens (tertiary/aromatic N) is 1. The van der Waals surface area contributed by atoms with Crippen LogP contribution in [0.5, 0.6) is 5.75 Å². The maximum atomic E-state index is 12.5. The molecule has 0 bridgehead atoms. The van der Waals surface area contributed by atoms with Crippen molar-refractivity contribution in [2.45, 2.75) is 58.3 Å². The fourth-order valence-electron chi connectivity index (χ4n) is 4.12. The second kappa shape index (κ2) is 12.0. The molecule has 0 N–H and O–H groups in total. The van der Waals surface area contributed by atoms with Gasteiger partial charge in [0, 0.05) is 43.6 Å². The van der Waals surface area contributed by atoms with Crippen molar-refractivity contribution in [1.82, 2.24) is 4.90 Å². The summed E-state index contributed by atoms with van der Waals surface area (Å²) >= 11 is 1.46. The molecule has 5 nitrogen and oxygen atoms in total. The van der Waals surface area contributed by atoms with Crippen molar-refractivity contribution in [3.63, 3.8) is 0 Å². The molecular formula is C26H33NO4S. The van der Waals surface area contributed by atoms with Crippen molar-refractivity contribution in [2.75, 3.05) is 20.2 Å². The summed E-state index contributed by atoms with van der Waals surface area (Å²) < 4.78 is 5.20. The number of Topliss-reactive ketones (excluding diaryl/α,β-unsaturated/α-hetero) is 2. The first-order valence-corrected chi connectivity index (χ1v) is 12.3. The minimum absolute atomic E-state index is 0.00523. The topological polar surface area (TPSA) is 63.7 Å². The van der Waals surface area contributed by atoms with Crippen molar-refractivity contribution >= 4 is 28.8 Å². The highest BCUT2D eigenvalue weighted by molar-refractivity contribution is 7.14. The number of ketones is 2. The number of carbonyl (C=O) groups excluding carboxylic acids is 3. The zero-order valence-corrected chi connectivity index (χ0v) is 19.9. The highest BCUT2D eigenvalue weighted by Crippen LogP contribution is 2.24. The SMILES string of the molecule is COc1ccc(CCC2CCN(C(=O)CCC(=O)CCC(=O)c3ccc(C)s3)CC2)cc1. The molecule has 1 aromatic heterocycles. The summed E-state index contributed by atoms with van der Waals surface area (Å²) in [6.45, 7) is 3.51. The lowest BCUT2D eigenvalue weighted by molar-refractivity contribution is -0.134. The van der Waals surface area contributed by atoms with E-state index in [-0.39, 0.29) is 43.2 Å². The van der Waals surface area contributed by atoms with Crippen molar-refractivity contribution in [3.05, 3.63) is 51.7 Å². The number of hydrogen-bond acceptors (Lipinski definition) is 5. The molecule has 0 unspecified atom stereocenters. The van der Waals surface area contributed by atoms with Gasteiger partial charge in [0.05, 0.1) is 12.0 Å². The van der Waals surface area contributed by atoms with E-state index in [0.29, 0.717) is 10.8 Å². The van der Waals surface area contributed by atoms with Crippen LogP contribution in [0.15, 0.2) is 36.4 Å². The molecule has 0 atom stereocenters. The summed E-state index contributed by atoms with van der Waals surface area (Å²) in [5.74, 6) is 1.58. The quantitative estimate of drug-likeness (QED) is 0.434. The van der Waals surface area contributed by atoms with Gasteiger partial charge in [0.15, 0.2) is 5.78 Å². The van der Waals surface area contributed by atoms with E-state index in [9.17, 15) is 14.4 Å². The Morgan fingerprint density at radius 3 is 2.28 bits per heavy atom. The number of amides is 1. The minimum Gasteiger partial charge on any atom is -0.497 e. The van der Waals surface area contributed by atoms with Crippen LogP contribution in [0.1, 0.15) is 65.1 Å². The second-order valence-electron chi connectivity index (χ2n) is 8.58. The summed E-state index contributed by atoms with van der Waals surface area (Å²) in [7, 11) is 1.67. The van der Waals surface area contributed by atoms with Crippen molar-refractivity contribution in [1.29, 1.82) is 0 Å². The summed E-state index contributed by atoms with van der Waals surface area (Å²) in [5, 5.41) is 0. The molecule has 2 aromatic rings. The lowest BCUT2D eigenvalue weighted by Crippen LogP contribution is -2.38. The molecule has 1 saturated heterocycles. The van der Waals surface area contributed by atoms with Gasteiger partial charge in [-0.3, -0.25) is 14.4 Å². The Morgan fingerprint density at radius 1 is 0.969 bits per heavy atom. The zero-order chi connectivity index (χ0) is 22.9. The predicted molar refractivity (Wildman–Crippen MR) is 127 cm³/mol. The molecule has 32 heavy (non-hydrogen) atoms. The zero-order valence-electron chi connectivity index (χ0n) is 19.1. The fraction of sp³-hybridized carbons (Fsp3) is 0.500. The van der Waals surface area contributed by atoms with Crippen LogP contribution in [0.2, 0.25) is 0 Å². The summed E-state index contributed by atoms with van der Waals surface area (Å²) in [6, 6.07) is 12.0. The molecule has 1 aliphatic heterocycles. The van der Waals surface area contributed by atoms with Crippen molar-refractivity contribution in [3.8, 4) is 5.75 Å². The number of carbonyl (C=O) groups is 3. The van der Waals surface area contributed by atoms with Crippen LogP contribution in [-0.4, -0.2) is 42.6 Å². The summed E-state index contributed by atoms with van der Waals surface area (Å²) in [4.78, 5) is 40.5. The largest absolute Gasteiger partial charge is 0.497 e. The minimum atomic E-state index is -0.00523. The highest BCUT2D eigenvalue weighted by atomic mass is 32.1. The first-order chi connectivity index (χ1) is 15.4. The van der Waals surface area contributed by atoms with E-state index in [2.05, 4.69) is 12.1 Å².